The number of sulfonamides is 1. The van der Waals surface area contributed by atoms with Gasteiger partial charge in [0.15, 0.2) is 5.69 Å². The minimum absolute atomic E-state index is 0. The van der Waals surface area contributed by atoms with Gasteiger partial charge in [-0.05, 0) is 239 Å². The molecular weight excluding hydrogens is 1300 g/mol. The zero-order chi connectivity index (χ0) is 70.4. The fourth-order valence-electron chi connectivity index (χ4n) is 21.1. The van der Waals surface area contributed by atoms with Crippen molar-refractivity contribution in [2.45, 2.75) is 207 Å². The van der Waals surface area contributed by atoms with Gasteiger partial charge < -0.3 is 48.5 Å². The molecular formula is C78H105F2N11O9S. The lowest BCUT2D eigenvalue weighted by molar-refractivity contribution is 0.00967. The molecule has 2 saturated carbocycles. The molecule has 101 heavy (non-hydrogen) atoms. The van der Waals surface area contributed by atoms with Crippen LogP contribution in [0.3, 0.4) is 0 Å². The summed E-state index contributed by atoms with van der Waals surface area (Å²) in [6.07, 6.45) is 26.8. The molecule has 546 valence electrons. The topological polar surface area (TPSA) is 177 Å². The third-order valence-corrected chi connectivity index (χ3v) is 27.7. The number of benzene rings is 3. The number of ether oxygens (including phenoxy) is 3. The summed E-state index contributed by atoms with van der Waals surface area (Å²) in [6.45, 7) is 13.1. The first-order valence-corrected chi connectivity index (χ1v) is 39.5. The zero-order valence-corrected chi connectivity index (χ0v) is 60.8. The van der Waals surface area contributed by atoms with E-state index in [1.165, 1.54) is 55.2 Å². The summed E-state index contributed by atoms with van der Waals surface area (Å²) in [6, 6.07) is 20.3. The number of anilines is 3. The van der Waals surface area contributed by atoms with Crippen molar-refractivity contribution in [3.63, 3.8) is 0 Å². The van der Waals surface area contributed by atoms with Crippen LogP contribution in [-0.2, 0) is 47.5 Å². The fourth-order valence-corrected chi connectivity index (χ4v) is 22.1. The average Bonchev–Trinajstić information content (AvgIpc) is 1.59. The van der Waals surface area contributed by atoms with E-state index in [9.17, 15) is 36.4 Å². The highest BCUT2D eigenvalue weighted by molar-refractivity contribution is 7.92. The van der Waals surface area contributed by atoms with Crippen LogP contribution in [0.1, 0.15) is 168 Å². The first-order valence-electron chi connectivity index (χ1n) is 37.7. The smallest absolute Gasteiger partial charge is 0.410 e. The normalized spacial score (nSPS) is 29.5. The van der Waals surface area contributed by atoms with Crippen molar-refractivity contribution in [3.8, 4) is 12.3 Å². The van der Waals surface area contributed by atoms with Gasteiger partial charge in [0.1, 0.15) is 24.3 Å². The molecule has 1 aromatic heterocycles. The van der Waals surface area contributed by atoms with Crippen LogP contribution in [0.5, 0.6) is 0 Å². The number of piperidine rings is 5. The number of hydrogen-bond donors (Lipinski definition) is 0. The van der Waals surface area contributed by atoms with E-state index < -0.39 is 10.0 Å². The maximum atomic E-state index is 14.5. The highest BCUT2D eigenvalue weighted by Gasteiger charge is 2.55. The predicted octanol–water partition coefficient (Wildman–Crippen LogP) is 11.1. The van der Waals surface area contributed by atoms with Crippen LogP contribution in [0, 0.1) is 49.7 Å². The van der Waals surface area contributed by atoms with Gasteiger partial charge in [0.05, 0.1) is 25.2 Å². The van der Waals surface area contributed by atoms with E-state index in [0.717, 1.165) is 187 Å². The lowest BCUT2D eigenvalue weighted by Gasteiger charge is -2.47. The molecule has 0 radical (unpaired) electrons. The Hall–Kier alpha value is -6.84. The molecule has 20 nitrogen and oxygen atoms in total. The van der Waals surface area contributed by atoms with E-state index >= 15 is 0 Å². The highest BCUT2D eigenvalue weighted by atomic mass is 32.2. The number of carbonyl (C=O) groups excluding carboxylic acids is 4. The number of halogens is 2. The van der Waals surface area contributed by atoms with Crippen LogP contribution in [0.2, 0.25) is 0 Å². The Bertz CT molecular complexity index is 3920. The van der Waals surface area contributed by atoms with Crippen molar-refractivity contribution in [2.24, 2.45) is 18.9 Å². The number of terminal acetylenes is 1. The standard InChI is InChI=1S/C30H38FN5O4.C27H35FN4O3.C21H30N2O2S.H2/c1-19-13-26(32-33(19)2)28(37)35-18-30(25-14-20(31)3-6-27(25)35)8-10-34(11-9-30)23-15-21-4-5-22(16-23)36(21)29(38)40-24-7-12-39-17-24;1-4-5-14-35-26(34)32-20-7-8-21(32)17-22(16-20)30-12-10-27(11-13-30)18-31(25(33)29(2)3)24-9-6-19(28)15-23(24)27;1-15-3-6-19-18(11-15)21(14-23(19)26(2,24)25)7-9-22(10-8-21)20-13-16-4-5-17(20)12-16;/h3,6,13-14,21-24H,4-5,7-12,15-18H2,1-2H3;1,6,9,15,20-22H,5,7-8,10-14,16-18H2,2-3H3;3,6,11,16-17,20H,4-5,7-10,12-14H2,1-2H3;1H/t21?,22?,23?,24-;;;/m1.../s1. The molecule has 11 aliphatic heterocycles. The number of amides is 5. The van der Waals surface area contributed by atoms with E-state index in [2.05, 4.69) is 38.7 Å². The van der Waals surface area contributed by atoms with E-state index in [1.54, 1.807) is 52.2 Å². The van der Waals surface area contributed by atoms with Crippen molar-refractivity contribution in [3.05, 3.63) is 106 Å². The van der Waals surface area contributed by atoms with Crippen molar-refractivity contribution < 1.29 is 52.0 Å². The Morgan fingerprint density at radius 2 is 1.17 bits per heavy atom. The van der Waals surface area contributed by atoms with Gasteiger partial charge >= 0.3 is 18.2 Å². The van der Waals surface area contributed by atoms with Crippen LogP contribution in [-0.4, -0.2) is 219 Å². The number of aryl methyl sites for hydroxylation is 3. The summed E-state index contributed by atoms with van der Waals surface area (Å²) in [7, 11) is 2.12. The number of carbonyl (C=O) groups is 4. The van der Waals surface area contributed by atoms with Gasteiger partial charge in [0.25, 0.3) is 5.91 Å². The maximum absolute atomic E-state index is 14.5. The third-order valence-electron chi connectivity index (χ3n) is 26.5. The molecule has 8 saturated heterocycles. The molecule has 3 spiro atoms. The van der Waals surface area contributed by atoms with E-state index in [4.69, 9.17) is 20.6 Å². The molecule has 17 rings (SSSR count). The fraction of sp³-hybridized carbons (Fsp3) is 0.654. The minimum atomic E-state index is -3.22. The van der Waals surface area contributed by atoms with Crippen LogP contribution in [0.15, 0.2) is 60.7 Å². The Balaban J connectivity index is 0.000000132. The molecule has 5 amide bonds. The lowest BCUT2D eigenvalue weighted by atomic mass is 9.73. The molecule has 13 aliphatic rings. The molecule has 12 heterocycles. The van der Waals surface area contributed by atoms with Crippen molar-refractivity contribution in [1.82, 2.24) is 39.2 Å². The quantitative estimate of drug-likeness (QED) is 0.120. The Morgan fingerprint density at radius 3 is 1.66 bits per heavy atom. The summed E-state index contributed by atoms with van der Waals surface area (Å²) in [4.78, 5) is 69.1. The summed E-state index contributed by atoms with van der Waals surface area (Å²) < 4.78 is 73.5. The second kappa shape index (κ2) is 27.7. The highest BCUT2D eigenvalue weighted by Crippen LogP contribution is 2.54. The van der Waals surface area contributed by atoms with Gasteiger partial charge in [-0.25, -0.2) is 31.6 Å². The molecule has 6 bridgehead atoms. The number of nitrogens with zero attached hydrogens (tertiary/aromatic N) is 11. The Kier molecular flexibility index (Phi) is 19.1. The van der Waals surface area contributed by atoms with Crippen LogP contribution < -0.4 is 14.1 Å². The van der Waals surface area contributed by atoms with E-state index in [-0.39, 0.29) is 90.3 Å². The summed E-state index contributed by atoms with van der Waals surface area (Å²) >= 11 is 0. The second-order valence-electron chi connectivity index (χ2n) is 32.5. The first-order chi connectivity index (χ1) is 48.5. The van der Waals surface area contributed by atoms with Crippen LogP contribution in [0.4, 0.5) is 40.2 Å². The summed E-state index contributed by atoms with van der Waals surface area (Å²) in [5.41, 5.74) is 7.87. The molecule has 10 fully saturated rings. The number of aromatic nitrogens is 2. The molecule has 2 aliphatic carbocycles. The number of urea groups is 1. The first kappa shape index (κ1) is 69.9. The predicted molar refractivity (Wildman–Crippen MR) is 385 cm³/mol. The van der Waals surface area contributed by atoms with Crippen LogP contribution >= 0.6 is 0 Å². The number of fused-ring (bicyclic) bond motifs is 12. The Morgan fingerprint density at radius 1 is 0.644 bits per heavy atom. The maximum Gasteiger partial charge on any atom is 0.410 e. The molecule has 23 heteroatoms. The summed E-state index contributed by atoms with van der Waals surface area (Å²) in [5, 5.41) is 4.42. The lowest BCUT2D eigenvalue weighted by Crippen LogP contribution is -2.56. The SMILES string of the molecule is C#CCCOC(=O)N1C2CCC1CC(N1CCC3(CC1)CN(C(=O)N(C)C)c1ccc(F)cc13)C2.Cc1cc(C(=O)N2CC3(CCN(C4CC5CCC(C4)N5C(=O)O[C@@H]4CCOC4)CC3)c3cc(F)ccc32)nn1C.Cc1ccc2c(c1)C1(CCN(C3CC4CCC3C4)CC1)CN2S(C)(=O)=O.[HH]. The van der Waals surface area contributed by atoms with Gasteiger partial charge in [-0.15, -0.1) is 12.3 Å². The number of likely N-dealkylation sites (tertiary alicyclic amines) is 3. The molecule has 4 aromatic rings. The second-order valence-corrected chi connectivity index (χ2v) is 34.4. The van der Waals surface area contributed by atoms with Crippen molar-refractivity contribution in [2.75, 3.05) is 113 Å². The number of rotatable bonds is 8. The van der Waals surface area contributed by atoms with Gasteiger partial charge in [0.2, 0.25) is 10.0 Å². The van der Waals surface area contributed by atoms with Gasteiger partial charge in [0, 0.05) is 131 Å². The van der Waals surface area contributed by atoms with Crippen LogP contribution in [0.25, 0.3) is 0 Å². The Labute approximate surface area is 596 Å². The van der Waals surface area contributed by atoms with E-state index in [1.807, 2.05) is 51.8 Å². The molecule has 8 atom stereocenters. The summed E-state index contributed by atoms with van der Waals surface area (Å²) in [5.74, 6) is 3.79. The molecule has 0 N–H and O–H groups in total. The largest absolute Gasteiger partial charge is 0.448 e. The van der Waals surface area contributed by atoms with Gasteiger partial charge in [-0.2, -0.15) is 5.10 Å². The minimum Gasteiger partial charge on any atom is -0.448 e. The average molecular weight is 1410 g/mol. The van der Waals surface area contributed by atoms with Gasteiger partial charge in [-0.1, -0.05) is 24.1 Å². The van der Waals surface area contributed by atoms with E-state index in [0.29, 0.717) is 57.0 Å². The number of hydrogen-bond acceptors (Lipinski definition) is 13. The zero-order valence-electron chi connectivity index (χ0n) is 60.0. The third kappa shape index (κ3) is 13.2. The molecule has 3 aromatic carbocycles. The van der Waals surface area contributed by atoms with Crippen molar-refractivity contribution >= 4 is 51.2 Å². The van der Waals surface area contributed by atoms with Crippen molar-refractivity contribution in [1.29, 1.82) is 0 Å². The molecule has 7 unspecified atom stereocenters. The van der Waals surface area contributed by atoms with Gasteiger partial charge in [-0.3, -0.25) is 18.7 Å². The monoisotopic (exact) mass is 1410 g/mol.